The molecule has 1 aliphatic carbocycles. The van der Waals surface area contributed by atoms with E-state index < -0.39 is 0 Å². The highest BCUT2D eigenvalue weighted by molar-refractivity contribution is 9.10. The highest BCUT2D eigenvalue weighted by Crippen LogP contribution is 2.36. The van der Waals surface area contributed by atoms with Crippen molar-refractivity contribution < 1.29 is 9.84 Å². The molecule has 1 aromatic carbocycles. The molecule has 0 unspecified atom stereocenters. The number of hydrogen-bond acceptors (Lipinski definition) is 3. The smallest absolute Gasteiger partial charge is 0.172 e. The van der Waals surface area contributed by atoms with Crippen LogP contribution in [0.3, 0.4) is 0 Å². The quantitative estimate of drug-likeness (QED) is 0.842. The average molecular weight is 342 g/mol. The van der Waals surface area contributed by atoms with E-state index in [1.54, 1.807) is 0 Å². The summed E-state index contributed by atoms with van der Waals surface area (Å²) in [6.45, 7) is 4.52. The molecule has 0 aromatic heterocycles. The van der Waals surface area contributed by atoms with Gasteiger partial charge < -0.3 is 14.7 Å². The molecule has 1 saturated carbocycles. The first-order valence-electron chi connectivity index (χ1n) is 7.43. The van der Waals surface area contributed by atoms with Crippen LogP contribution in [0.5, 0.6) is 11.5 Å². The summed E-state index contributed by atoms with van der Waals surface area (Å²) in [4.78, 5) is 2.37. The minimum absolute atomic E-state index is 0.189. The van der Waals surface area contributed by atoms with Crippen molar-refractivity contribution in [2.24, 2.45) is 5.92 Å². The summed E-state index contributed by atoms with van der Waals surface area (Å²) in [5.74, 6) is 1.60. The molecule has 0 atom stereocenters. The van der Waals surface area contributed by atoms with Crippen LogP contribution < -0.4 is 4.74 Å². The normalized spacial score (nSPS) is 16.0. The maximum atomic E-state index is 9.93. The van der Waals surface area contributed by atoms with E-state index in [9.17, 15) is 5.11 Å². The molecule has 0 aliphatic heterocycles. The number of phenolic OH excluding ortho intramolecular Hbond substituents is 1. The molecule has 3 nitrogen and oxygen atoms in total. The molecule has 4 heteroatoms. The van der Waals surface area contributed by atoms with Crippen LogP contribution in [0.2, 0.25) is 0 Å². The molecule has 0 radical (unpaired) electrons. The number of ether oxygens (including phenoxy) is 1. The van der Waals surface area contributed by atoms with Gasteiger partial charge in [-0.1, -0.05) is 12.8 Å². The molecule has 0 saturated heterocycles. The summed E-state index contributed by atoms with van der Waals surface area (Å²) in [5, 5.41) is 9.93. The van der Waals surface area contributed by atoms with Gasteiger partial charge in [0.2, 0.25) is 0 Å². The van der Waals surface area contributed by atoms with Crippen molar-refractivity contribution in [1.82, 2.24) is 4.90 Å². The minimum Gasteiger partial charge on any atom is -0.503 e. The van der Waals surface area contributed by atoms with Gasteiger partial charge in [-0.15, -0.1) is 0 Å². The molecule has 0 heterocycles. The zero-order chi connectivity index (χ0) is 14.5. The largest absolute Gasteiger partial charge is 0.503 e. The van der Waals surface area contributed by atoms with E-state index in [0.29, 0.717) is 16.8 Å². The van der Waals surface area contributed by atoms with Crippen molar-refractivity contribution in [3.63, 3.8) is 0 Å². The number of halogens is 1. The summed E-state index contributed by atoms with van der Waals surface area (Å²) in [5.41, 5.74) is 1.17. The number of phenols is 1. The van der Waals surface area contributed by atoms with Gasteiger partial charge in [0.25, 0.3) is 0 Å². The van der Waals surface area contributed by atoms with Crippen LogP contribution in [0, 0.1) is 5.92 Å². The van der Waals surface area contributed by atoms with Crippen LogP contribution in [-0.4, -0.2) is 30.2 Å². The molecule has 2 rings (SSSR count). The van der Waals surface area contributed by atoms with E-state index in [1.165, 1.54) is 31.2 Å². The standard InChI is InChI=1S/C16H24BrNO2/c1-3-20-15-9-13(8-14(17)16(15)19)11-18(2)10-12-6-4-5-7-12/h8-9,12,19H,3-7,10-11H2,1-2H3. The third-order valence-electron chi connectivity index (χ3n) is 3.89. The SMILES string of the molecule is CCOc1cc(CN(C)CC2CCCC2)cc(Br)c1O. The summed E-state index contributed by atoms with van der Waals surface area (Å²) in [7, 11) is 2.17. The summed E-state index contributed by atoms with van der Waals surface area (Å²) < 4.78 is 6.18. The highest BCUT2D eigenvalue weighted by atomic mass is 79.9. The fraction of sp³-hybridized carbons (Fsp3) is 0.625. The Morgan fingerprint density at radius 2 is 2.05 bits per heavy atom. The Morgan fingerprint density at radius 3 is 2.70 bits per heavy atom. The van der Waals surface area contributed by atoms with Crippen molar-refractivity contribution in [2.45, 2.75) is 39.2 Å². The maximum absolute atomic E-state index is 9.93. The van der Waals surface area contributed by atoms with Crippen LogP contribution in [0.25, 0.3) is 0 Å². The Bertz CT molecular complexity index is 444. The first-order chi connectivity index (χ1) is 9.60. The van der Waals surface area contributed by atoms with Crippen molar-refractivity contribution in [3.05, 3.63) is 22.2 Å². The molecule has 0 bridgehead atoms. The van der Waals surface area contributed by atoms with E-state index in [2.05, 4.69) is 27.9 Å². The van der Waals surface area contributed by atoms with Crippen LogP contribution in [0.1, 0.15) is 38.2 Å². The molecule has 1 aliphatic rings. The third kappa shape index (κ3) is 4.13. The van der Waals surface area contributed by atoms with Crippen LogP contribution in [0.15, 0.2) is 16.6 Å². The Kier molecular flexibility index (Phi) is 5.73. The molecule has 20 heavy (non-hydrogen) atoms. The monoisotopic (exact) mass is 341 g/mol. The van der Waals surface area contributed by atoms with Gasteiger partial charge >= 0.3 is 0 Å². The second kappa shape index (κ2) is 7.32. The van der Waals surface area contributed by atoms with E-state index in [-0.39, 0.29) is 5.75 Å². The lowest BCUT2D eigenvalue weighted by Crippen LogP contribution is -2.24. The summed E-state index contributed by atoms with van der Waals surface area (Å²) >= 11 is 3.40. The lowest BCUT2D eigenvalue weighted by molar-refractivity contribution is 0.269. The van der Waals surface area contributed by atoms with Gasteiger partial charge in [0.05, 0.1) is 11.1 Å². The molecule has 1 aromatic rings. The van der Waals surface area contributed by atoms with E-state index >= 15 is 0 Å². The summed E-state index contributed by atoms with van der Waals surface area (Å²) in [6.07, 6.45) is 5.51. The molecular weight excluding hydrogens is 318 g/mol. The fourth-order valence-electron chi connectivity index (χ4n) is 2.99. The van der Waals surface area contributed by atoms with Crippen molar-refractivity contribution in [3.8, 4) is 11.5 Å². The number of rotatable bonds is 6. The molecule has 1 N–H and O–H groups in total. The van der Waals surface area contributed by atoms with E-state index in [0.717, 1.165) is 19.0 Å². The fourth-order valence-corrected chi connectivity index (χ4v) is 3.48. The van der Waals surface area contributed by atoms with Crippen molar-refractivity contribution in [1.29, 1.82) is 0 Å². The van der Waals surface area contributed by atoms with Gasteiger partial charge in [0, 0.05) is 13.1 Å². The molecule has 1 fully saturated rings. The van der Waals surface area contributed by atoms with E-state index in [4.69, 9.17) is 4.74 Å². The Labute approximate surface area is 130 Å². The molecule has 0 amide bonds. The molecule has 0 spiro atoms. The number of benzene rings is 1. The van der Waals surface area contributed by atoms with Crippen molar-refractivity contribution in [2.75, 3.05) is 20.2 Å². The zero-order valence-corrected chi connectivity index (χ0v) is 13.9. The Hall–Kier alpha value is -0.740. The van der Waals surface area contributed by atoms with Gasteiger partial charge in [-0.05, 0) is 66.4 Å². The number of nitrogens with zero attached hydrogens (tertiary/aromatic N) is 1. The van der Waals surface area contributed by atoms with Crippen LogP contribution in [0.4, 0.5) is 0 Å². The second-order valence-electron chi connectivity index (χ2n) is 5.70. The van der Waals surface area contributed by atoms with Crippen LogP contribution in [-0.2, 0) is 6.54 Å². The topological polar surface area (TPSA) is 32.7 Å². The van der Waals surface area contributed by atoms with Gasteiger partial charge in [0.15, 0.2) is 11.5 Å². The minimum atomic E-state index is 0.189. The van der Waals surface area contributed by atoms with Crippen molar-refractivity contribution >= 4 is 15.9 Å². The predicted octanol–water partition coefficient (Wildman–Crippen LogP) is 4.18. The zero-order valence-electron chi connectivity index (χ0n) is 12.4. The predicted molar refractivity (Wildman–Crippen MR) is 85.3 cm³/mol. The number of aromatic hydroxyl groups is 1. The Balaban J connectivity index is 2.00. The first-order valence-corrected chi connectivity index (χ1v) is 8.22. The van der Waals surface area contributed by atoms with Gasteiger partial charge in [-0.2, -0.15) is 0 Å². The average Bonchev–Trinajstić information content (AvgIpc) is 2.88. The number of hydrogen-bond donors (Lipinski definition) is 1. The summed E-state index contributed by atoms with van der Waals surface area (Å²) in [6, 6.07) is 3.91. The second-order valence-corrected chi connectivity index (χ2v) is 6.56. The Morgan fingerprint density at radius 1 is 1.35 bits per heavy atom. The molecular formula is C16H24BrNO2. The highest BCUT2D eigenvalue weighted by Gasteiger charge is 2.17. The maximum Gasteiger partial charge on any atom is 0.172 e. The van der Waals surface area contributed by atoms with Gasteiger partial charge in [-0.3, -0.25) is 0 Å². The van der Waals surface area contributed by atoms with Gasteiger partial charge in [0.1, 0.15) is 0 Å². The lowest BCUT2D eigenvalue weighted by Gasteiger charge is -2.21. The molecule has 112 valence electrons. The van der Waals surface area contributed by atoms with E-state index in [1.807, 2.05) is 19.1 Å². The first kappa shape index (κ1) is 15.6. The van der Waals surface area contributed by atoms with Crippen LogP contribution >= 0.6 is 15.9 Å². The third-order valence-corrected chi connectivity index (χ3v) is 4.49. The van der Waals surface area contributed by atoms with Gasteiger partial charge in [-0.25, -0.2) is 0 Å². The lowest BCUT2D eigenvalue weighted by atomic mass is 10.1.